The number of carbonyl (C=O) groups excluding carboxylic acids is 1. The SMILES string of the molecule is CCOc1nc(N)c(C(=O)c2ccccc2)s1. The number of hydrogen-bond acceptors (Lipinski definition) is 5. The minimum absolute atomic E-state index is 0.119. The second-order valence-electron chi connectivity index (χ2n) is 3.32. The van der Waals surface area contributed by atoms with Crippen molar-refractivity contribution in [3.8, 4) is 5.19 Å². The maximum Gasteiger partial charge on any atom is 0.275 e. The molecule has 5 heteroatoms. The van der Waals surface area contributed by atoms with E-state index in [9.17, 15) is 4.79 Å². The van der Waals surface area contributed by atoms with E-state index in [-0.39, 0.29) is 11.6 Å². The van der Waals surface area contributed by atoms with Crippen LogP contribution in [0.15, 0.2) is 30.3 Å². The van der Waals surface area contributed by atoms with Gasteiger partial charge >= 0.3 is 0 Å². The van der Waals surface area contributed by atoms with E-state index in [0.29, 0.717) is 22.2 Å². The number of ketones is 1. The first kappa shape index (κ1) is 11.6. The first-order valence-electron chi connectivity index (χ1n) is 5.21. The Bertz CT molecular complexity index is 523. The molecule has 88 valence electrons. The Labute approximate surface area is 103 Å². The summed E-state index contributed by atoms with van der Waals surface area (Å²) < 4.78 is 5.23. The minimum atomic E-state index is -0.119. The molecule has 1 aromatic heterocycles. The third-order valence-corrected chi connectivity index (χ3v) is 3.13. The molecule has 2 aromatic rings. The molecule has 0 unspecified atom stereocenters. The van der Waals surface area contributed by atoms with Gasteiger partial charge < -0.3 is 10.5 Å². The molecule has 0 aliphatic heterocycles. The summed E-state index contributed by atoms with van der Waals surface area (Å²) in [5.41, 5.74) is 6.31. The van der Waals surface area contributed by atoms with Gasteiger partial charge in [0.1, 0.15) is 10.7 Å². The molecule has 4 nitrogen and oxygen atoms in total. The molecule has 17 heavy (non-hydrogen) atoms. The summed E-state index contributed by atoms with van der Waals surface area (Å²) >= 11 is 1.18. The van der Waals surface area contributed by atoms with E-state index >= 15 is 0 Å². The summed E-state index contributed by atoms with van der Waals surface area (Å²) in [6.07, 6.45) is 0. The molecule has 2 rings (SSSR count). The van der Waals surface area contributed by atoms with Gasteiger partial charge in [-0.25, -0.2) is 0 Å². The van der Waals surface area contributed by atoms with Gasteiger partial charge in [-0.1, -0.05) is 41.7 Å². The lowest BCUT2D eigenvalue weighted by atomic mass is 10.1. The maximum atomic E-state index is 12.1. The molecule has 0 aliphatic rings. The molecule has 0 spiro atoms. The van der Waals surface area contributed by atoms with Crippen LogP contribution in [0.3, 0.4) is 0 Å². The van der Waals surface area contributed by atoms with Crippen LogP contribution in [0.1, 0.15) is 22.2 Å². The van der Waals surface area contributed by atoms with E-state index in [1.54, 1.807) is 12.1 Å². The molecule has 0 saturated heterocycles. The van der Waals surface area contributed by atoms with Gasteiger partial charge in [0, 0.05) is 5.56 Å². The zero-order valence-corrected chi connectivity index (χ0v) is 10.2. The normalized spacial score (nSPS) is 10.2. The summed E-state index contributed by atoms with van der Waals surface area (Å²) in [5.74, 6) is 0.110. The fourth-order valence-corrected chi connectivity index (χ4v) is 2.24. The number of nitrogens with zero attached hydrogens (tertiary/aromatic N) is 1. The predicted octanol–water partition coefficient (Wildman–Crippen LogP) is 2.36. The molecule has 2 N–H and O–H groups in total. The molecule has 1 aromatic carbocycles. The van der Waals surface area contributed by atoms with Crippen molar-refractivity contribution in [1.82, 2.24) is 4.98 Å². The van der Waals surface area contributed by atoms with Crippen LogP contribution in [0.5, 0.6) is 5.19 Å². The summed E-state index contributed by atoms with van der Waals surface area (Å²) in [5, 5.41) is 0.435. The van der Waals surface area contributed by atoms with Gasteiger partial charge in [0.05, 0.1) is 6.61 Å². The Morgan fingerprint density at radius 1 is 1.41 bits per heavy atom. The molecule has 0 amide bonds. The van der Waals surface area contributed by atoms with E-state index in [1.165, 1.54) is 11.3 Å². The highest BCUT2D eigenvalue weighted by molar-refractivity contribution is 7.16. The largest absolute Gasteiger partial charge is 0.470 e. The van der Waals surface area contributed by atoms with E-state index < -0.39 is 0 Å². The molecule has 0 fully saturated rings. The number of aromatic nitrogens is 1. The van der Waals surface area contributed by atoms with E-state index in [4.69, 9.17) is 10.5 Å². The molecule has 0 bridgehead atoms. The Morgan fingerprint density at radius 3 is 2.76 bits per heavy atom. The summed E-state index contributed by atoms with van der Waals surface area (Å²) in [6, 6.07) is 8.99. The van der Waals surface area contributed by atoms with Crippen LogP contribution in [0.4, 0.5) is 5.82 Å². The standard InChI is InChI=1S/C12H12N2O2S/c1-2-16-12-14-11(13)10(17-12)9(15)8-6-4-3-5-7-8/h3-7H,2,13H2,1H3. The van der Waals surface area contributed by atoms with Crippen LogP contribution in [0.2, 0.25) is 0 Å². The fraction of sp³-hybridized carbons (Fsp3) is 0.167. The number of benzene rings is 1. The molecule has 1 heterocycles. The molecule has 0 radical (unpaired) electrons. The van der Waals surface area contributed by atoms with Gasteiger partial charge in [0.15, 0.2) is 0 Å². The van der Waals surface area contributed by atoms with Crippen molar-refractivity contribution in [3.63, 3.8) is 0 Å². The van der Waals surface area contributed by atoms with Gasteiger partial charge in [-0.2, -0.15) is 4.98 Å². The van der Waals surface area contributed by atoms with Gasteiger partial charge in [-0.3, -0.25) is 4.79 Å². The number of hydrogen-bond donors (Lipinski definition) is 1. The monoisotopic (exact) mass is 248 g/mol. The van der Waals surface area contributed by atoms with Crippen LogP contribution in [0, 0.1) is 0 Å². The highest BCUT2D eigenvalue weighted by Gasteiger charge is 2.18. The Balaban J connectivity index is 2.31. The predicted molar refractivity (Wildman–Crippen MR) is 67.6 cm³/mol. The van der Waals surface area contributed by atoms with Crippen molar-refractivity contribution in [1.29, 1.82) is 0 Å². The zero-order chi connectivity index (χ0) is 12.3. The van der Waals surface area contributed by atoms with Crippen molar-refractivity contribution >= 4 is 22.9 Å². The fourth-order valence-electron chi connectivity index (χ4n) is 1.38. The third kappa shape index (κ3) is 2.45. The zero-order valence-electron chi connectivity index (χ0n) is 9.34. The van der Waals surface area contributed by atoms with Crippen molar-refractivity contribution in [2.75, 3.05) is 12.3 Å². The Hall–Kier alpha value is -1.88. The van der Waals surface area contributed by atoms with Crippen molar-refractivity contribution in [2.24, 2.45) is 0 Å². The van der Waals surface area contributed by atoms with Crippen LogP contribution >= 0.6 is 11.3 Å². The lowest BCUT2D eigenvalue weighted by Crippen LogP contribution is -2.02. The second kappa shape index (κ2) is 4.97. The second-order valence-corrected chi connectivity index (χ2v) is 4.28. The number of nitrogen functional groups attached to an aromatic ring is 1. The van der Waals surface area contributed by atoms with Crippen LogP contribution in [-0.4, -0.2) is 17.4 Å². The van der Waals surface area contributed by atoms with E-state index in [0.717, 1.165) is 0 Å². The Morgan fingerprint density at radius 2 is 2.12 bits per heavy atom. The van der Waals surface area contributed by atoms with Crippen molar-refractivity contribution in [2.45, 2.75) is 6.92 Å². The first-order valence-corrected chi connectivity index (χ1v) is 6.03. The topological polar surface area (TPSA) is 65.2 Å². The molecular formula is C12H12N2O2S. The van der Waals surface area contributed by atoms with Gasteiger partial charge in [-0.05, 0) is 6.92 Å². The number of anilines is 1. The van der Waals surface area contributed by atoms with Crippen molar-refractivity contribution < 1.29 is 9.53 Å². The smallest absolute Gasteiger partial charge is 0.275 e. The number of rotatable bonds is 4. The number of carbonyl (C=O) groups is 1. The number of ether oxygens (including phenoxy) is 1. The Kier molecular flexibility index (Phi) is 3.39. The minimum Gasteiger partial charge on any atom is -0.470 e. The van der Waals surface area contributed by atoms with Gasteiger partial charge in [-0.15, -0.1) is 0 Å². The average Bonchev–Trinajstić information content (AvgIpc) is 2.71. The molecule has 0 aliphatic carbocycles. The molecular weight excluding hydrogens is 236 g/mol. The van der Waals surface area contributed by atoms with Gasteiger partial charge in [0.25, 0.3) is 5.19 Å². The maximum absolute atomic E-state index is 12.1. The molecule has 0 atom stereocenters. The van der Waals surface area contributed by atoms with E-state index in [2.05, 4.69) is 4.98 Å². The third-order valence-electron chi connectivity index (χ3n) is 2.14. The highest BCUT2D eigenvalue weighted by Crippen LogP contribution is 2.28. The average molecular weight is 248 g/mol. The number of thiazole rings is 1. The quantitative estimate of drug-likeness (QED) is 0.843. The summed E-state index contributed by atoms with van der Waals surface area (Å²) in [4.78, 5) is 16.6. The van der Waals surface area contributed by atoms with E-state index in [1.807, 2.05) is 25.1 Å². The van der Waals surface area contributed by atoms with Crippen LogP contribution < -0.4 is 10.5 Å². The van der Waals surface area contributed by atoms with Gasteiger partial charge in [0.2, 0.25) is 5.78 Å². The van der Waals surface area contributed by atoms with Crippen LogP contribution in [-0.2, 0) is 0 Å². The first-order chi connectivity index (χ1) is 8.22. The highest BCUT2D eigenvalue weighted by atomic mass is 32.1. The lowest BCUT2D eigenvalue weighted by molar-refractivity contribution is 0.104. The molecule has 0 saturated carbocycles. The summed E-state index contributed by atoms with van der Waals surface area (Å²) in [6.45, 7) is 2.36. The number of nitrogens with two attached hydrogens (primary N) is 1. The van der Waals surface area contributed by atoms with Crippen molar-refractivity contribution in [3.05, 3.63) is 40.8 Å². The lowest BCUT2D eigenvalue weighted by Gasteiger charge is -1.97. The van der Waals surface area contributed by atoms with Crippen LogP contribution in [0.25, 0.3) is 0 Å². The summed E-state index contributed by atoms with van der Waals surface area (Å²) in [7, 11) is 0.